The molecule has 0 aliphatic rings. The first-order chi connectivity index (χ1) is 13.5. The Morgan fingerprint density at radius 2 is 1.96 bits per heavy atom. The molecular weight excluding hydrogens is 360 g/mol. The first kappa shape index (κ1) is 19.2. The number of nitrogens with zero attached hydrogens (tertiary/aromatic N) is 4. The van der Waals surface area contributed by atoms with Crippen LogP contribution in [-0.2, 0) is 0 Å². The van der Waals surface area contributed by atoms with Crippen LogP contribution in [0.25, 0.3) is 5.69 Å². The number of hydrogen-bond donors (Lipinski definition) is 2. The molecule has 0 unspecified atom stereocenters. The van der Waals surface area contributed by atoms with Crippen molar-refractivity contribution < 1.29 is 14.3 Å². The molecule has 2 aromatic carbocycles. The number of urea groups is 1. The fourth-order valence-electron chi connectivity index (χ4n) is 2.83. The Hall–Kier alpha value is -3.62. The molecule has 0 saturated heterocycles. The third kappa shape index (κ3) is 4.20. The van der Waals surface area contributed by atoms with Gasteiger partial charge in [0.2, 0.25) is 0 Å². The van der Waals surface area contributed by atoms with Crippen LogP contribution in [0, 0.1) is 6.92 Å². The van der Waals surface area contributed by atoms with Gasteiger partial charge in [-0.05, 0) is 60.2 Å². The summed E-state index contributed by atoms with van der Waals surface area (Å²) >= 11 is 0. The summed E-state index contributed by atoms with van der Waals surface area (Å²) in [4.78, 5) is 12.5. The largest absolute Gasteiger partial charge is 0.497 e. The highest BCUT2D eigenvalue weighted by Crippen LogP contribution is 2.29. The van der Waals surface area contributed by atoms with E-state index in [2.05, 4.69) is 26.2 Å². The highest BCUT2D eigenvalue weighted by atomic mass is 16.5. The van der Waals surface area contributed by atoms with Gasteiger partial charge in [0.15, 0.2) is 0 Å². The molecular formula is C19H22N6O3. The van der Waals surface area contributed by atoms with E-state index in [1.807, 2.05) is 50.2 Å². The SMILES string of the molecule is COc1ccc(OC)c([C@H](C)NC(=O)Nc2ccc(C)c(-n3cnnn3)c2)c1. The molecule has 1 aromatic heterocycles. The normalized spacial score (nSPS) is 11.6. The van der Waals surface area contributed by atoms with Crippen LogP contribution in [-0.4, -0.2) is 40.5 Å². The van der Waals surface area contributed by atoms with Gasteiger partial charge in [-0.15, -0.1) is 5.10 Å². The van der Waals surface area contributed by atoms with Crippen LogP contribution in [0.2, 0.25) is 0 Å². The maximum Gasteiger partial charge on any atom is 0.319 e. The maximum absolute atomic E-state index is 12.5. The zero-order valence-corrected chi connectivity index (χ0v) is 16.1. The molecule has 0 saturated carbocycles. The van der Waals surface area contributed by atoms with Gasteiger partial charge in [-0.1, -0.05) is 6.07 Å². The smallest absolute Gasteiger partial charge is 0.319 e. The van der Waals surface area contributed by atoms with Crippen molar-refractivity contribution in [2.45, 2.75) is 19.9 Å². The summed E-state index contributed by atoms with van der Waals surface area (Å²) in [6.45, 7) is 3.82. The van der Waals surface area contributed by atoms with E-state index in [1.165, 1.54) is 6.33 Å². The molecule has 0 radical (unpaired) electrons. The minimum Gasteiger partial charge on any atom is -0.497 e. The molecule has 3 rings (SSSR count). The van der Waals surface area contributed by atoms with Crippen molar-refractivity contribution in [1.82, 2.24) is 25.5 Å². The summed E-state index contributed by atoms with van der Waals surface area (Å²) < 4.78 is 12.2. The number of methoxy groups -OCH3 is 2. The number of tetrazole rings is 1. The molecule has 0 aliphatic carbocycles. The molecule has 2 amide bonds. The first-order valence-corrected chi connectivity index (χ1v) is 8.65. The number of benzene rings is 2. The number of rotatable bonds is 6. The second-order valence-electron chi connectivity index (χ2n) is 6.18. The van der Waals surface area contributed by atoms with Crippen molar-refractivity contribution in [1.29, 1.82) is 0 Å². The molecule has 1 atom stereocenters. The molecule has 1 heterocycles. The summed E-state index contributed by atoms with van der Waals surface area (Å²) in [5, 5.41) is 16.9. The number of carbonyl (C=O) groups excluding carboxylic acids is 1. The van der Waals surface area contributed by atoms with Gasteiger partial charge < -0.3 is 20.1 Å². The van der Waals surface area contributed by atoms with Crippen molar-refractivity contribution in [3.8, 4) is 17.2 Å². The second kappa shape index (κ2) is 8.38. The van der Waals surface area contributed by atoms with Crippen LogP contribution in [0.15, 0.2) is 42.7 Å². The topological polar surface area (TPSA) is 103 Å². The van der Waals surface area contributed by atoms with E-state index in [4.69, 9.17) is 9.47 Å². The maximum atomic E-state index is 12.5. The Morgan fingerprint density at radius 1 is 1.14 bits per heavy atom. The van der Waals surface area contributed by atoms with Crippen molar-refractivity contribution in [2.24, 2.45) is 0 Å². The molecule has 0 fully saturated rings. The van der Waals surface area contributed by atoms with Gasteiger partial charge >= 0.3 is 6.03 Å². The summed E-state index contributed by atoms with van der Waals surface area (Å²) in [6.07, 6.45) is 1.50. The van der Waals surface area contributed by atoms with Crippen LogP contribution >= 0.6 is 0 Å². The van der Waals surface area contributed by atoms with Crippen molar-refractivity contribution in [3.05, 3.63) is 53.9 Å². The van der Waals surface area contributed by atoms with Crippen LogP contribution < -0.4 is 20.1 Å². The fraction of sp³-hybridized carbons (Fsp3) is 0.263. The minimum absolute atomic E-state index is 0.297. The number of nitrogens with one attached hydrogen (secondary N) is 2. The van der Waals surface area contributed by atoms with Gasteiger partial charge in [0.25, 0.3) is 0 Å². The van der Waals surface area contributed by atoms with Crippen LogP contribution in [0.1, 0.15) is 24.1 Å². The number of ether oxygens (including phenoxy) is 2. The number of aromatic nitrogens is 4. The average molecular weight is 382 g/mol. The van der Waals surface area contributed by atoms with Gasteiger partial charge in [0, 0.05) is 11.3 Å². The summed E-state index contributed by atoms with van der Waals surface area (Å²) in [5.41, 5.74) is 3.20. The van der Waals surface area contributed by atoms with Crippen molar-refractivity contribution in [2.75, 3.05) is 19.5 Å². The first-order valence-electron chi connectivity index (χ1n) is 8.65. The van der Waals surface area contributed by atoms with Gasteiger partial charge in [-0.3, -0.25) is 0 Å². The molecule has 28 heavy (non-hydrogen) atoms. The Balaban J connectivity index is 1.73. The summed E-state index contributed by atoms with van der Waals surface area (Å²) in [6, 6.07) is 10.3. The Bertz CT molecular complexity index is 958. The van der Waals surface area contributed by atoms with Crippen LogP contribution in [0.4, 0.5) is 10.5 Å². The predicted octanol–water partition coefficient (Wildman–Crippen LogP) is 2.87. The third-order valence-corrected chi connectivity index (χ3v) is 4.31. The fourth-order valence-corrected chi connectivity index (χ4v) is 2.83. The van der Waals surface area contributed by atoms with E-state index in [9.17, 15) is 4.79 Å². The molecule has 9 heteroatoms. The van der Waals surface area contributed by atoms with E-state index in [0.29, 0.717) is 17.2 Å². The molecule has 0 bridgehead atoms. The van der Waals surface area contributed by atoms with Gasteiger partial charge in [-0.25, -0.2) is 9.48 Å². The average Bonchev–Trinajstić information content (AvgIpc) is 3.23. The highest BCUT2D eigenvalue weighted by Gasteiger charge is 2.16. The van der Waals surface area contributed by atoms with Crippen molar-refractivity contribution >= 4 is 11.7 Å². The standard InChI is InChI=1S/C19H22N6O3/c1-12-5-6-14(9-17(12)25-11-20-23-24-25)22-19(26)21-13(2)16-10-15(27-3)7-8-18(16)28-4/h5-11,13H,1-4H3,(H2,21,22,26)/t13-/m0/s1. The van der Waals surface area contributed by atoms with E-state index in [0.717, 1.165) is 16.8 Å². The molecule has 3 aromatic rings. The molecule has 0 aliphatic heterocycles. The Morgan fingerprint density at radius 3 is 2.64 bits per heavy atom. The van der Waals surface area contributed by atoms with Gasteiger partial charge in [0.1, 0.15) is 17.8 Å². The number of aryl methyl sites for hydroxylation is 1. The van der Waals surface area contributed by atoms with Crippen LogP contribution in [0.5, 0.6) is 11.5 Å². The van der Waals surface area contributed by atoms with Gasteiger partial charge in [0.05, 0.1) is 25.9 Å². The molecule has 0 spiro atoms. The quantitative estimate of drug-likeness (QED) is 0.679. The zero-order chi connectivity index (χ0) is 20.1. The second-order valence-corrected chi connectivity index (χ2v) is 6.18. The number of amides is 2. The Kier molecular flexibility index (Phi) is 5.73. The summed E-state index contributed by atoms with van der Waals surface area (Å²) in [7, 11) is 3.18. The minimum atomic E-state index is -0.344. The summed E-state index contributed by atoms with van der Waals surface area (Å²) in [5.74, 6) is 1.36. The predicted molar refractivity (Wildman–Crippen MR) is 104 cm³/mol. The van der Waals surface area contributed by atoms with E-state index in [1.54, 1.807) is 18.9 Å². The molecule has 146 valence electrons. The lowest BCUT2D eigenvalue weighted by atomic mass is 10.1. The highest BCUT2D eigenvalue weighted by molar-refractivity contribution is 5.90. The van der Waals surface area contributed by atoms with E-state index in [-0.39, 0.29) is 12.1 Å². The third-order valence-electron chi connectivity index (χ3n) is 4.31. The molecule has 9 nitrogen and oxygen atoms in total. The van der Waals surface area contributed by atoms with Crippen molar-refractivity contribution in [3.63, 3.8) is 0 Å². The zero-order valence-electron chi connectivity index (χ0n) is 16.1. The van der Waals surface area contributed by atoms with E-state index >= 15 is 0 Å². The van der Waals surface area contributed by atoms with Crippen LogP contribution in [0.3, 0.4) is 0 Å². The monoisotopic (exact) mass is 382 g/mol. The number of hydrogen-bond acceptors (Lipinski definition) is 6. The lowest BCUT2D eigenvalue weighted by Crippen LogP contribution is -2.31. The Labute approximate surface area is 162 Å². The van der Waals surface area contributed by atoms with Gasteiger partial charge in [-0.2, -0.15) is 0 Å². The molecule has 2 N–H and O–H groups in total. The van der Waals surface area contributed by atoms with E-state index < -0.39 is 0 Å². The number of carbonyl (C=O) groups is 1. The number of anilines is 1. The lowest BCUT2D eigenvalue weighted by molar-refractivity contribution is 0.249. The lowest BCUT2D eigenvalue weighted by Gasteiger charge is -2.19.